The molecule has 32 nitrogen and oxygen atoms in total. The van der Waals surface area contributed by atoms with Crippen LogP contribution in [0.25, 0.3) is 21.5 Å². The van der Waals surface area contributed by atoms with Crippen molar-refractivity contribution in [3.63, 3.8) is 0 Å². The van der Waals surface area contributed by atoms with Gasteiger partial charge in [0.2, 0.25) is 40.3 Å². The van der Waals surface area contributed by atoms with Gasteiger partial charge in [0.25, 0.3) is 20.2 Å². The predicted molar refractivity (Wildman–Crippen MR) is 329 cm³/mol. The van der Waals surface area contributed by atoms with Gasteiger partial charge in [-0.3, -0.25) is 13.7 Å². The summed E-state index contributed by atoms with van der Waals surface area (Å²) in [7, 11) is -18.8. The number of phenols is 1. The fourth-order valence-electron chi connectivity index (χ4n) is 7.84. The molecule has 3 heterocycles. The van der Waals surface area contributed by atoms with Crippen LogP contribution in [0.5, 0.6) is 5.75 Å². The average Bonchev–Trinajstić information content (AvgIpc) is 0.861. The first-order valence-corrected chi connectivity index (χ1v) is 34.2. The number of hydrogen-bond acceptors (Lipinski definition) is 32. The summed E-state index contributed by atoms with van der Waals surface area (Å²) in [6.45, 7) is 1.45. The van der Waals surface area contributed by atoms with E-state index in [1.807, 2.05) is 31.2 Å². The minimum atomic E-state index is -5.01. The van der Waals surface area contributed by atoms with Crippen molar-refractivity contribution >= 4 is 179 Å². The molecule has 466 valence electrons. The van der Waals surface area contributed by atoms with Crippen LogP contribution in [-0.2, 0) is 54.0 Å². The highest BCUT2D eigenvalue weighted by Gasteiger charge is 2.25. The third-order valence-electron chi connectivity index (χ3n) is 11.6. The van der Waals surface area contributed by atoms with E-state index in [0.717, 1.165) is 41.2 Å². The Kier molecular flexibility index (Phi) is 21.1. The van der Waals surface area contributed by atoms with Gasteiger partial charge in [-0.25, -0.2) is 17.9 Å². The smallest absolute Gasteiger partial charge is 0.397 e. The number of benzene rings is 6. The summed E-state index contributed by atoms with van der Waals surface area (Å²) in [6.07, 6.45) is 0. The van der Waals surface area contributed by atoms with Gasteiger partial charge < -0.3 is 31.7 Å². The van der Waals surface area contributed by atoms with E-state index >= 15 is 0 Å². The van der Waals surface area contributed by atoms with Crippen LogP contribution in [0.3, 0.4) is 0 Å². The minimum Gasteiger partial charge on any atom is -0.505 e. The van der Waals surface area contributed by atoms with Crippen LogP contribution >= 0.6 is 58.8 Å². The number of nitrogens with zero attached hydrogens (tertiary/aromatic N) is 11. The summed E-state index contributed by atoms with van der Waals surface area (Å²) in [5.41, 5.74) is 0.978. The fraction of sp³-hybridized carbons (Fsp3) is 0.146. The lowest BCUT2D eigenvalue weighted by Gasteiger charge is -2.15. The Bertz CT molecular complexity index is 4640. The molecule has 3 aromatic heterocycles. The second kappa shape index (κ2) is 28.5. The van der Waals surface area contributed by atoms with E-state index in [1.165, 1.54) is 54.6 Å². The summed E-state index contributed by atoms with van der Waals surface area (Å²) >= 11 is 15.0. The van der Waals surface area contributed by atoms with Gasteiger partial charge in [0.15, 0.2) is 25.9 Å². The first kappa shape index (κ1) is 65.9. The number of nitrogens with one attached hydrogen (secondary N) is 5. The zero-order chi connectivity index (χ0) is 63.7. The molecule has 0 unspecified atom stereocenters. The van der Waals surface area contributed by atoms with Crippen molar-refractivity contribution in [2.75, 3.05) is 63.5 Å². The van der Waals surface area contributed by atoms with Crippen LogP contribution in [0.2, 0.25) is 10.6 Å². The molecule has 0 fully saturated rings. The van der Waals surface area contributed by atoms with E-state index in [2.05, 4.69) is 95.2 Å². The number of azo groups is 1. The largest absolute Gasteiger partial charge is 0.505 e. The average molecular weight is 1390 g/mol. The van der Waals surface area contributed by atoms with Crippen molar-refractivity contribution in [1.82, 2.24) is 44.9 Å². The molecule has 0 aliphatic carbocycles. The lowest BCUT2D eigenvalue weighted by Crippen LogP contribution is -2.15. The van der Waals surface area contributed by atoms with Crippen LogP contribution in [0.1, 0.15) is 5.56 Å². The highest BCUT2D eigenvalue weighted by atomic mass is 35.5. The standard InChI is InChI=1S/C48H42Cl2N16O16S7/c1-25-6-9-28(10-7-25)53-44-58-40(49)56-42(60-44)51-16-19-83-47-62-46(63-48(64-47)84-20-17-52-43-57-41(50)59-45(61-43)54-29-11-13-30(14-12-29)86(69,70)21-18-80-89(77,78)79)55-34-24-31(87(71,72)73)22-27-23-35(85-82-81-68)37(38(67)36(27)34)66-65-33-15-8-26-4-2-3-5-32(26)39(33)88(74,75)76/h2-15,22-24,67-68H,16-21H2,1H3,(H,71,72,73)(H,74,75,76)(H,77,78,79)(H,55,62,63,64)(H2,51,53,56,58,60)(H2,52,54,57,59,61)/b66-65+. The van der Waals surface area contributed by atoms with Crippen LogP contribution in [-0.4, -0.2) is 140 Å². The number of sulfone groups is 1. The minimum absolute atomic E-state index is 0.00263. The molecule has 6 aromatic carbocycles. The number of fused-ring (bicyclic) bond motifs is 2. The number of halogens is 2. The lowest BCUT2D eigenvalue weighted by molar-refractivity contribution is -0.432. The fourth-order valence-corrected chi connectivity index (χ4v) is 13.0. The molecule has 89 heavy (non-hydrogen) atoms. The molecule has 10 N–H and O–H groups in total. The van der Waals surface area contributed by atoms with E-state index in [-0.39, 0.29) is 125 Å². The number of hydrogen-bond donors (Lipinski definition) is 10. The number of aromatic hydroxyl groups is 1. The van der Waals surface area contributed by atoms with E-state index in [1.54, 1.807) is 12.1 Å². The number of aryl methyl sites for hydroxylation is 1. The molecule has 0 aliphatic rings. The summed E-state index contributed by atoms with van der Waals surface area (Å²) in [4.78, 5) is 37.3. The topological polar surface area (TPSA) is 466 Å². The van der Waals surface area contributed by atoms with Gasteiger partial charge >= 0.3 is 10.4 Å². The van der Waals surface area contributed by atoms with Crippen LogP contribution < -0.4 is 26.6 Å². The molecule has 9 rings (SSSR count). The molecule has 0 radical (unpaired) electrons. The molecule has 0 aliphatic heterocycles. The van der Waals surface area contributed by atoms with Crippen molar-refractivity contribution < 1.29 is 71.2 Å². The molecule has 0 amide bonds. The second-order valence-corrected chi connectivity index (χ2v) is 27.3. The van der Waals surface area contributed by atoms with Gasteiger partial charge in [0.1, 0.15) is 16.3 Å². The zero-order valence-corrected chi connectivity index (χ0v) is 52.0. The Morgan fingerprint density at radius 2 is 1.17 bits per heavy atom. The van der Waals surface area contributed by atoms with E-state index < -0.39 is 74.1 Å². The molecular weight excluding hydrogens is 1350 g/mol. The quantitative estimate of drug-likeness (QED) is 0.00415. The van der Waals surface area contributed by atoms with Crippen molar-refractivity contribution in [3.8, 4) is 5.75 Å². The summed E-state index contributed by atoms with van der Waals surface area (Å²) in [5, 5.41) is 48.3. The van der Waals surface area contributed by atoms with Crippen molar-refractivity contribution in [2.24, 2.45) is 10.2 Å². The Balaban J connectivity index is 0.995. The lowest BCUT2D eigenvalue weighted by atomic mass is 10.1. The maximum Gasteiger partial charge on any atom is 0.397 e. The van der Waals surface area contributed by atoms with Gasteiger partial charge in [-0.1, -0.05) is 76.6 Å². The number of anilines is 8. The molecule has 0 saturated carbocycles. The number of thioether (sulfide) groups is 2. The van der Waals surface area contributed by atoms with Crippen molar-refractivity contribution in [1.29, 1.82) is 0 Å². The van der Waals surface area contributed by atoms with Gasteiger partial charge in [0.05, 0.1) is 44.8 Å². The monoisotopic (exact) mass is 1390 g/mol. The highest BCUT2D eigenvalue weighted by Crippen LogP contribution is 2.48. The second-order valence-electron chi connectivity index (χ2n) is 17.8. The molecule has 41 heteroatoms. The molecule has 0 spiro atoms. The van der Waals surface area contributed by atoms with E-state index in [9.17, 15) is 47.9 Å². The van der Waals surface area contributed by atoms with Gasteiger partial charge in [-0.2, -0.15) is 70.1 Å². The van der Waals surface area contributed by atoms with Crippen molar-refractivity contribution in [2.45, 2.75) is 36.8 Å². The molecule has 0 bridgehead atoms. The van der Waals surface area contributed by atoms with E-state index in [4.69, 9.17) is 33.0 Å². The summed E-state index contributed by atoms with van der Waals surface area (Å²) < 4.78 is 136. The predicted octanol–water partition coefficient (Wildman–Crippen LogP) is 9.44. The Morgan fingerprint density at radius 3 is 1.74 bits per heavy atom. The normalized spacial score (nSPS) is 12.2. The first-order chi connectivity index (χ1) is 42.3. The number of aromatic nitrogens is 9. The Labute approximate surface area is 527 Å². The van der Waals surface area contributed by atoms with Crippen LogP contribution in [0.4, 0.5) is 58.2 Å². The van der Waals surface area contributed by atoms with Gasteiger partial charge in [-0.15, -0.1) is 14.6 Å². The maximum atomic E-state index is 12.8. The Morgan fingerprint density at radius 1 is 0.596 bits per heavy atom. The van der Waals surface area contributed by atoms with Crippen LogP contribution in [0.15, 0.2) is 143 Å². The highest BCUT2D eigenvalue weighted by molar-refractivity contribution is 7.99. The SMILES string of the molecule is Cc1ccc(Nc2nc(Cl)nc(NCCSc3nc(Nc4cc(S(=O)(=O)O)cc5cc(SOOO)c(/N=N/c6ccc7ccccc7c6S(=O)(=O)O)c(O)c45)nc(SCCNc4nc(Cl)nc(Nc5ccc(S(=O)(=O)CCOS(=O)(=O)O)cc5)n4)n3)n2)cc1. The van der Waals surface area contributed by atoms with Crippen LogP contribution in [0, 0.1) is 6.92 Å². The molecule has 0 saturated heterocycles. The molecular formula is C48H42Cl2N16O16S7. The molecule has 9 aromatic rings. The van der Waals surface area contributed by atoms with E-state index in [0.29, 0.717) is 16.8 Å². The van der Waals surface area contributed by atoms with Gasteiger partial charge in [-0.05, 0) is 102 Å². The summed E-state index contributed by atoms with van der Waals surface area (Å²) in [5.74, 6) is -1.04. The molecule has 0 atom stereocenters. The van der Waals surface area contributed by atoms with Crippen molar-refractivity contribution in [3.05, 3.63) is 119 Å². The first-order valence-electron chi connectivity index (χ1n) is 24.8. The summed E-state index contributed by atoms with van der Waals surface area (Å²) in [6, 6.07) is 24.8. The third-order valence-corrected chi connectivity index (χ3v) is 18.2. The van der Waals surface area contributed by atoms with Gasteiger partial charge in [0, 0.05) is 46.7 Å². The number of phenolic OH excluding ortho intramolecular Hbond substituents is 1. The third kappa shape index (κ3) is 18.1. The maximum absolute atomic E-state index is 12.8. The Hall–Kier alpha value is -7.58. The number of rotatable bonds is 28. The zero-order valence-electron chi connectivity index (χ0n) is 44.8.